The van der Waals surface area contributed by atoms with Crippen molar-refractivity contribution in [3.8, 4) is 5.75 Å². The van der Waals surface area contributed by atoms with Gasteiger partial charge in [-0.15, -0.1) is 0 Å². The number of fused-ring (bicyclic) bond motifs is 1. The largest absolute Gasteiger partial charge is 0.508 e. The van der Waals surface area contributed by atoms with Crippen molar-refractivity contribution >= 4 is 40.5 Å². The Morgan fingerprint density at radius 1 is 1.10 bits per heavy atom. The average molecular weight is 443 g/mol. The quantitative estimate of drug-likeness (QED) is 0.558. The molecule has 4 rings (SSSR count). The first kappa shape index (κ1) is 20.4. The fourth-order valence-electron chi connectivity index (χ4n) is 3.39. The van der Waals surface area contributed by atoms with Crippen LogP contribution in [0.25, 0.3) is 0 Å². The Bertz CT molecular complexity index is 1190. The third-order valence-electron chi connectivity index (χ3n) is 4.98. The molecule has 1 heterocycles. The number of rotatable bonds is 3. The third-order valence-corrected chi connectivity index (χ3v) is 5.57. The number of nitrogens with zero attached hydrogens (tertiary/aromatic N) is 1. The summed E-state index contributed by atoms with van der Waals surface area (Å²) in [7, 11) is 0. The second kappa shape index (κ2) is 8.09. The molecule has 0 radical (unpaired) electrons. The zero-order valence-electron chi connectivity index (χ0n) is 15.9. The normalized spacial score (nSPS) is 15.8. The van der Waals surface area contributed by atoms with E-state index < -0.39 is 11.9 Å². The number of benzene rings is 3. The summed E-state index contributed by atoms with van der Waals surface area (Å²) in [5.74, 6) is -0.576. The summed E-state index contributed by atoms with van der Waals surface area (Å²) in [6, 6.07) is 13.6. The van der Waals surface area contributed by atoms with Crippen molar-refractivity contribution < 1.29 is 14.3 Å². The standard InChI is InChI=1S/C23H17Cl2FN2O2/c1-12-8-14(3-7-21(12)29)22-17-10-15(24)4-6-19(17)28-23(30)20(27-22)9-13-2-5-16(26)11-18(13)25/h2-8,10-11,20,29H,9H2,1H3,(H,28,30). The molecule has 30 heavy (non-hydrogen) atoms. The van der Waals surface area contributed by atoms with Crippen LogP contribution < -0.4 is 5.32 Å². The van der Waals surface area contributed by atoms with Crippen LogP contribution in [0.1, 0.15) is 22.3 Å². The first-order chi connectivity index (χ1) is 14.3. The van der Waals surface area contributed by atoms with E-state index >= 15 is 0 Å². The second-order valence-electron chi connectivity index (χ2n) is 7.11. The number of carbonyl (C=O) groups excluding carboxylic acids is 1. The Morgan fingerprint density at radius 3 is 2.63 bits per heavy atom. The monoisotopic (exact) mass is 442 g/mol. The second-order valence-corrected chi connectivity index (χ2v) is 7.96. The van der Waals surface area contributed by atoms with Gasteiger partial charge in [0.05, 0.1) is 11.4 Å². The van der Waals surface area contributed by atoms with E-state index in [1.165, 1.54) is 12.1 Å². The SMILES string of the molecule is Cc1cc(C2=NC(Cc3ccc(F)cc3Cl)C(=O)Nc3ccc(Cl)cc32)ccc1O. The molecule has 0 spiro atoms. The number of phenolic OH excluding ortho intramolecular Hbond substituents is 1. The zero-order valence-corrected chi connectivity index (χ0v) is 17.4. The van der Waals surface area contributed by atoms with Crippen molar-refractivity contribution in [1.82, 2.24) is 0 Å². The molecular weight excluding hydrogens is 426 g/mol. The average Bonchev–Trinajstić information content (AvgIpc) is 2.83. The molecule has 152 valence electrons. The summed E-state index contributed by atoms with van der Waals surface area (Å²) in [5.41, 5.74) is 3.86. The van der Waals surface area contributed by atoms with Crippen molar-refractivity contribution in [2.75, 3.05) is 5.32 Å². The number of halogens is 3. The molecule has 0 fully saturated rings. The number of aromatic hydroxyl groups is 1. The van der Waals surface area contributed by atoms with Gasteiger partial charge in [-0.2, -0.15) is 0 Å². The minimum Gasteiger partial charge on any atom is -0.508 e. The number of carbonyl (C=O) groups is 1. The molecule has 3 aromatic carbocycles. The number of hydrogen-bond donors (Lipinski definition) is 2. The van der Waals surface area contributed by atoms with Gasteiger partial charge in [0.15, 0.2) is 0 Å². The van der Waals surface area contributed by atoms with E-state index in [9.17, 15) is 14.3 Å². The lowest BCUT2D eigenvalue weighted by Crippen LogP contribution is -2.27. The summed E-state index contributed by atoms with van der Waals surface area (Å²) < 4.78 is 13.4. The molecule has 3 aromatic rings. The lowest BCUT2D eigenvalue weighted by Gasteiger charge is -2.13. The van der Waals surface area contributed by atoms with E-state index in [-0.39, 0.29) is 23.1 Å². The van der Waals surface area contributed by atoms with Crippen molar-refractivity contribution in [2.24, 2.45) is 4.99 Å². The molecule has 1 atom stereocenters. The minimum absolute atomic E-state index is 0.170. The van der Waals surface area contributed by atoms with Crippen LogP contribution in [0.2, 0.25) is 10.0 Å². The number of nitrogens with one attached hydrogen (secondary N) is 1. The molecule has 1 amide bonds. The number of aryl methyl sites for hydroxylation is 1. The van der Waals surface area contributed by atoms with Gasteiger partial charge in [-0.05, 0) is 66.6 Å². The summed E-state index contributed by atoms with van der Waals surface area (Å²) in [6.45, 7) is 1.79. The topological polar surface area (TPSA) is 61.7 Å². The lowest BCUT2D eigenvalue weighted by atomic mass is 9.98. The fourth-order valence-corrected chi connectivity index (χ4v) is 3.80. The Morgan fingerprint density at radius 2 is 1.90 bits per heavy atom. The first-order valence-electron chi connectivity index (χ1n) is 9.24. The minimum atomic E-state index is -0.789. The first-order valence-corrected chi connectivity index (χ1v) is 10.00. The van der Waals surface area contributed by atoms with Gasteiger partial charge < -0.3 is 10.4 Å². The zero-order chi connectivity index (χ0) is 21.4. The van der Waals surface area contributed by atoms with Crippen LogP contribution in [0, 0.1) is 12.7 Å². The number of aliphatic imine (C=N–C) groups is 1. The van der Waals surface area contributed by atoms with Gasteiger partial charge in [0.2, 0.25) is 5.91 Å². The maximum absolute atomic E-state index is 13.4. The summed E-state index contributed by atoms with van der Waals surface area (Å²) >= 11 is 12.4. The number of anilines is 1. The van der Waals surface area contributed by atoms with Crippen LogP contribution in [0.3, 0.4) is 0 Å². The van der Waals surface area contributed by atoms with Gasteiger partial charge in [-0.1, -0.05) is 29.3 Å². The molecule has 7 heteroatoms. The van der Waals surface area contributed by atoms with Crippen molar-refractivity contribution in [2.45, 2.75) is 19.4 Å². The van der Waals surface area contributed by atoms with Crippen LogP contribution in [-0.4, -0.2) is 22.8 Å². The predicted molar refractivity (Wildman–Crippen MR) is 117 cm³/mol. The smallest absolute Gasteiger partial charge is 0.249 e. The Balaban J connectivity index is 1.85. The van der Waals surface area contributed by atoms with E-state index in [2.05, 4.69) is 5.32 Å². The van der Waals surface area contributed by atoms with Crippen LogP contribution in [0.4, 0.5) is 10.1 Å². The molecule has 0 saturated carbocycles. The van der Waals surface area contributed by atoms with Gasteiger partial charge in [-0.25, -0.2) is 4.39 Å². The molecule has 0 aromatic heterocycles. The number of amides is 1. The summed E-state index contributed by atoms with van der Waals surface area (Å²) in [4.78, 5) is 17.7. The van der Waals surface area contributed by atoms with Crippen molar-refractivity contribution in [3.05, 3.63) is 92.7 Å². The lowest BCUT2D eigenvalue weighted by molar-refractivity contribution is -0.117. The van der Waals surface area contributed by atoms with Gasteiger partial charge in [0, 0.05) is 27.6 Å². The van der Waals surface area contributed by atoms with Gasteiger partial charge in [0.25, 0.3) is 0 Å². The van der Waals surface area contributed by atoms with E-state index in [0.29, 0.717) is 33.1 Å². The summed E-state index contributed by atoms with van der Waals surface area (Å²) in [6.07, 6.45) is 0.202. The Labute approximate surface area is 183 Å². The van der Waals surface area contributed by atoms with E-state index in [4.69, 9.17) is 28.2 Å². The highest BCUT2D eigenvalue weighted by Crippen LogP contribution is 2.30. The summed E-state index contributed by atoms with van der Waals surface area (Å²) in [5, 5.41) is 13.6. The van der Waals surface area contributed by atoms with E-state index in [0.717, 1.165) is 5.56 Å². The van der Waals surface area contributed by atoms with Crippen LogP contribution in [0.15, 0.2) is 59.6 Å². The third kappa shape index (κ3) is 4.04. The molecule has 1 aliphatic heterocycles. The molecule has 0 aliphatic carbocycles. The van der Waals surface area contributed by atoms with Crippen molar-refractivity contribution in [3.63, 3.8) is 0 Å². The van der Waals surface area contributed by atoms with Gasteiger partial charge >= 0.3 is 0 Å². The highest BCUT2D eigenvalue weighted by atomic mass is 35.5. The number of phenols is 1. The fraction of sp³-hybridized carbons (Fsp3) is 0.130. The predicted octanol–water partition coefficient (Wildman–Crippen LogP) is 5.55. The number of benzodiazepines with no additional fused rings is 1. The highest BCUT2D eigenvalue weighted by Gasteiger charge is 2.27. The molecule has 1 unspecified atom stereocenters. The maximum atomic E-state index is 13.4. The maximum Gasteiger partial charge on any atom is 0.249 e. The van der Waals surface area contributed by atoms with Gasteiger partial charge in [-0.3, -0.25) is 9.79 Å². The molecule has 0 saturated heterocycles. The van der Waals surface area contributed by atoms with Crippen LogP contribution >= 0.6 is 23.2 Å². The number of hydrogen-bond acceptors (Lipinski definition) is 3. The Kier molecular flexibility index (Phi) is 5.50. The van der Waals surface area contributed by atoms with Crippen LogP contribution in [-0.2, 0) is 11.2 Å². The van der Waals surface area contributed by atoms with Gasteiger partial charge in [0.1, 0.15) is 17.6 Å². The Hall–Kier alpha value is -2.89. The molecule has 2 N–H and O–H groups in total. The van der Waals surface area contributed by atoms with E-state index in [1.807, 2.05) is 0 Å². The van der Waals surface area contributed by atoms with E-state index in [1.54, 1.807) is 49.4 Å². The molecule has 0 bridgehead atoms. The van der Waals surface area contributed by atoms with Crippen molar-refractivity contribution in [1.29, 1.82) is 0 Å². The molecular formula is C23H17Cl2FN2O2. The highest BCUT2D eigenvalue weighted by molar-refractivity contribution is 6.32. The molecule has 4 nitrogen and oxygen atoms in total. The molecule has 1 aliphatic rings. The van der Waals surface area contributed by atoms with Crippen LogP contribution in [0.5, 0.6) is 5.75 Å².